The number of para-hydroxylation sites is 1. The standard InChI is InChI=1S/C19H20FN3O3/c1-26-14-10-8-13(9-11-14)21-19(25)23-12-4-7-17(23)18(24)22-16-6-3-2-5-15(16)20/h2-3,5-6,8-11,17H,4,7,12H2,1H3,(H,21,25)(H,22,24)/t17-/m0/s1. The largest absolute Gasteiger partial charge is 0.497 e. The van der Waals surface area contributed by atoms with Crippen LogP contribution in [0.3, 0.4) is 0 Å². The highest BCUT2D eigenvalue weighted by molar-refractivity contribution is 5.99. The molecule has 3 amide bonds. The highest BCUT2D eigenvalue weighted by atomic mass is 19.1. The van der Waals surface area contributed by atoms with Crippen molar-refractivity contribution in [3.05, 3.63) is 54.3 Å². The van der Waals surface area contributed by atoms with Crippen LogP contribution in [0.1, 0.15) is 12.8 Å². The Labute approximate surface area is 150 Å². The maximum Gasteiger partial charge on any atom is 0.322 e. The topological polar surface area (TPSA) is 70.7 Å². The molecule has 2 N–H and O–H groups in total. The van der Waals surface area contributed by atoms with E-state index in [0.717, 1.165) is 0 Å². The highest BCUT2D eigenvalue weighted by Crippen LogP contribution is 2.22. The normalized spacial score (nSPS) is 16.2. The van der Waals surface area contributed by atoms with E-state index < -0.39 is 17.8 Å². The van der Waals surface area contributed by atoms with Gasteiger partial charge in [0, 0.05) is 12.2 Å². The summed E-state index contributed by atoms with van der Waals surface area (Å²) in [5.41, 5.74) is 0.718. The Morgan fingerprint density at radius 3 is 2.54 bits per heavy atom. The third-order valence-electron chi connectivity index (χ3n) is 4.29. The molecular formula is C19H20FN3O3. The van der Waals surface area contributed by atoms with Gasteiger partial charge in [0.05, 0.1) is 12.8 Å². The number of carbonyl (C=O) groups excluding carboxylic acids is 2. The molecule has 0 aliphatic carbocycles. The van der Waals surface area contributed by atoms with Crippen LogP contribution >= 0.6 is 0 Å². The van der Waals surface area contributed by atoms with Gasteiger partial charge in [0.25, 0.3) is 0 Å². The molecule has 0 aromatic heterocycles. The van der Waals surface area contributed by atoms with Crippen LogP contribution in [0.15, 0.2) is 48.5 Å². The molecule has 136 valence electrons. The number of urea groups is 1. The van der Waals surface area contributed by atoms with Crippen molar-refractivity contribution in [1.29, 1.82) is 0 Å². The van der Waals surface area contributed by atoms with Gasteiger partial charge in [0.2, 0.25) is 5.91 Å². The summed E-state index contributed by atoms with van der Waals surface area (Å²) in [6, 6.07) is 11.9. The molecule has 1 saturated heterocycles. The van der Waals surface area contributed by atoms with Gasteiger partial charge < -0.3 is 20.3 Å². The summed E-state index contributed by atoms with van der Waals surface area (Å²) in [7, 11) is 1.57. The number of anilines is 2. The molecule has 6 nitrogen and oxygen atoms in total. The number of methoxy groups -OCH3 is 1. The average Bonchev–Trinajstić information content (AvgIpc) is 3.14. The molecular weight excluding hydrogens is 337 g/mol. The fourth-order valence-corrected chi connectivity index (χ4v) is 2.93. The van der Waals surface area contributed by atoms with E-state index in [-0.39, 0.29) is 11.7 Å². The summed E-state index contributed by atoms with van der Waals surface area (Å²) in [5.74, 6) is -0.211. The zero-order chi connectivity index (χ0) is 18.5. The number of carbonyl (C=O) groups is 2. The minimum absolute atomic E-state index is 0.111. The molecule has 3 rings (SSSR count). The molecule has 26 heavy (non-hydrogen) atoms. The lowest BCUT2D eigenvalue weighted by Crippen LogP contribution is -2.45. The van der Waals surface area contributed by atoms with Gasteiger partial charge in [-0.05, 0) is 49.2 Å². The minimum Gasteiger partial charge on any atom is -0.497 e. The minimum atomic E-state index is -0.632. The number of benzene rings is 2. The predicted molar refractivity (Wildman–Crippen MR) is 96.8 cm³/mol. The highest BCUT2D eigenvalue weighted by Gasteiger charge is 2.34. The van der Waals surface area contributed by atoms with Gasteiger partial charge in [-0.25, -0.2) is 9.18 Å². The van der Waals surface area contributed by atoms with Crippen molar-refractivity contribution in [2.75, 3.05) is 24.3 Å². The number of hydrogen-bond donors (Lipinski definition) is 2. The average molecular weight is 357 g/mol. The second-order valence-corrected chi connectivity index (χ2v) is 5.98. The summed E-state index contributed by atoms with van der Waals surface area (Å²) in [4.78, 5) is 26.5. The molecule has 0 unspecified atom stereocenters. The Bertz CT molecular complexity index is 795. The van der Waals surface area contributed by atoms with Crippen LogP contribution in [0, 0.1) is 5.82 Å². The van der Waals surface area contributed by atoms with E-state index in [2.05, 4.69) is 10.6 Å². The number of nitrogens with zero attached hydrogens (tertiary/aromatic N) is 1. The fraction of sp³-hybridized carbons (Fsp3) is 0.263. The van der Waals surface area contributed by atoms with E-state index in [1.54, 1.807) is 43.5 Å². The van der Waals surface area contributed by atoms with Crippen LogP contribution < -0.4 is 15.4 Å². The van der Waals surface area contributed by atoms with Gasteiger partial charge in [-0.1, -0.05) is 12.1 Å². The Morgan fingerprint density at radius 2 is 1.85 bits per heavy atom. The molecule has 0 saturated carbocycles. The quantitative estimate of drug-likeness (QED) is 0.880. The van der Waals surface area contributed by atoms with Crippen molar-refractivity contribution in [3.8, 4) is 5.75 Å². The molecule has 0 spiro atoms. The fourth-order valence-electron chi connectivity index (χ4n) is 2.93. The lowest BCUT2D eigenvalue weighted by molar-refractivity contribution is -0.119. The number of amides is 3. The number of likely N-dealkylation sites (tertiary alicyclic amines) is 1. The SMILES string of the molecule is COc1ccc(NC(=O)N2CCC[C@H]2C(=O)Nc2ccccc2F)cc1. The van der Waals surface area contributed by atoms with Crippen molar-refractivity contribution in [1.82, 2.24) is 4.90 Å². The van der Waals surface area contributed by atoms with E-state index in [4.69, 9.17) is 4.74 Å². The zero-order valence-corrected chi connectivity index (χ0v) is 14.4. The number of rotatable bonds is 4. The van der Waals surface area contributed by atoms with Gasteiger partial charge in [0.15, 0.2) is 0 Å². The summed E-state index contributed by atoms with van der Waals surface area (Å²) in [6.07, 6.45) is 1.25. The molecule has 1 heterocycles. The molecule has 2 aromatic carbocycles. The zero-order valence-electron chi connectivity index (χ0n) is 14.4. The van der Waals surface area contributed by atoms with Gasteiger partial charge in [-0.3, -0.25) is 4.79 Å². The van der Waals surface area contributed by atoms with Crippen molar-refractivity contribution in [2.45, 2.75) is 18.9 Å². The monoisotopic (exact) mass is 357 g/mol. The van der Waals surface area contributed by atoms with Crippen LogP contribution in [0.5, 0.6) is 5.75 Å². The number of ether oxygens (including phenoxy) is 1. The molecule has 2 aromatic rings. The first kappa shape index (κ1) is 17.7. The van der Waals surface area contributed by atoms with E-state index in [0.29, 0.717) is 30.8 Å². The van der Waals surface area contributed by atoms with Crippen molar-refractivity contribution >= 4 is 23.3 Å². The lowest BCUT2D eigenvalue weighted by atomic mass is 10.2. The van der Waals surface area contributed by atoms with Crippen LogP contribution in [-0.2, 0) is 4.79 Å². The lowest BCUT2D eigenvalue weighted by Gasteiger charge is -2.24. The third-order valence-corrected chi connectivity index (χ3v) is 4.29. The van der Waals surface area contributed by atoms with Gasteiger partial charge in [-0.2, -0.15) is 0 Å². The van der Waals surface area contributed by atoms with Crippen molar-refractivity contribution < 1.29 is 18.7 Å². The summed E-state index contributed by atoms with van der Waals surface area (Å²) in [5, 5.41) is 5.34. The van der Waals surface area contributed by atoms with Crippen LogP contribution in [0.4, 0.5) is 20.6 Å². The predicted octanol–water partition coefficient (Wildman–Crippen LogP) is 3.47. The Balaban J connectivity index is 1.65. The molecule has 1 atom stereocenters. The first-order valence-corrected chi connectivity index (χ1v) is 8.35. The maximum absolute atomic E-state index is 13.7. The molecule has 0 radical (unpaired) electrons. The van der Waals surface area contributed by atoms with E-state index in [9.17, 15) is 14.0 Å². The van der Waals surface area contributed by atoms with Crippen LogP contribution in [-0.4, -0.2) is 36.5 Å². The Kier molecular flexibility index (Phi) is 5.36. The Hall–Kier alpha value is -3.09. The summed E-state index contributed by atoms with van der Waals surface area (Å²) >= 11 is 0. The maximum atomic E-state index is 13.7. The van der Waals surface area contributed by atoms with Gasteiger partial charge in [0.1, 0.15) is 17.6 Å². The number of hydrogen-bond acceptors (Lipinski definition) is 3. The molecule has 1 aliphatic heterocycles. The van der Waals surface area contributed by atoms with Crippen LogP contribution in [0.25, 0.3) is 0 Å². The first-order chi connectivity index (χ1) is 12.6. The summed E-state index contributed by atoms with van der Waals surface area (Å²) in [6.45, 7) is 0.470. The van der Waals surface area contributed by atoms with E-state index in [1.165, 1.54) is 17.0 Å². The van der Waals surface area contributed by atoms with E-state index >= 15 is 0 Å². The number of nitrogens with one attached hydrogen (secondary N) is 2. The van der Waals surface area contributed by atoms with E-state index in [1.807, 2.05) is 0 Å². The smallest absolute Gasteiger partial charge is 0.322 e. The number of halogens is 1. The second kappa shape index (κ2) is 7.86. The Morgan fingerprint density at radius 1 is 1.12 bits per heavy atom. The molecule has 1 aliphatic rings. The van der Waals surface area contributed by atoms with Gasteiger partial charge in [-0.15, -0.1) is 0 Å². The second-order valence-electron chi connectivity index (χ2n) is 5.98. The van der Waals surface area contributed by atoms with Crippen molar-refractivity contribution in [2.24, 2.45) is 0 Å². The molecule has 0 bridgehead atoms. The first-order valence-electron chi connectivity index (χ1n) is 8.35. The van der Waals surface area contributed by atoms with Crippen molar-refractivity contribution in [3.63, 3.8) is 0 Å². The third kappa shape index (κ3) is 3.93. The molecule has 7 heteroatoms. The van der Waals surface area contributed by atoms with Gasteiger partial charge >= 0.3 is 6.03 Å². The van der Waals surface area contributed by atoms with Crippen LogP contribution in [0.2, 0.25) is 0 Å². The molecule has 1 fully saturated rings. The summed E-state index contributed by atoms with van der Waals surface area (Å²) < 4.78 is 18.8.